The second-order valence-corrected chi connectivity index (χ2v) is 8.64. The molecule has 0 unspecified atom stereocenters. The third-order valence-corrected chi connectivity index (χ3v) is 6.17. The first-order chi connectivity index (χ1) is 16.8. The van der Waals surface area contributed by atoms with Gasteiger partial charge in [0.15, 0.2) is 0 Å². The number of hydrogen-bond acceptors (Lipinski definition) is 2. The van der Waals surface area contributed by atoms with Gasteiger partial charge in [0.05, 0.1) is 17.8 Å². The maximum Gasteiger partial charge on any atom is 0.418 e. The number of benzene rings is 4. The van der Waals surface area contributed by atoms with Gasteiger partial charge >= 0.3 is 6.18 Å². The predicted molar refractivity (Wildman–Crippen MR) is 132 cm³/mol. The van der Waals surface area contributed by atoms with Crippen LogP contribution in [0.2, 0.25) is 5.02 Å². The predicted octanol–water partition coefficient (Wildman–Crippen LogP) is 8.52. The molecule has 0 spiro atoms. The molecule has 0 saturated heterocycles. The van der Waals surface area contributed by atoms with Crippen molar-refractivity contribution in [1.82, 2.24) is 9.78 Å². The van der Waals surface area contributed by atoms with Crippen LogP contribution in [0.25, 0.3) is 22.2 Å². The van der Waals surface area contributed by atoms with E-state index in [1.54, 1.807) is 35.0 Å². The van der Waals surface area contributed by atoms with Crippen molar-refractivity contribution in [2.75, 3.05) is 0 Å². The van der Waals surface area contributed by atoms with E-state index >= 15 is 0 Å². The maximum atomic E-state index is 13.7. The van der Waals surface area contributed by atoms with E-state index in [1.165, 1.54) is 6.07 Å². The van der Waals surface area contributed by atoms with E-state index in [-0.39, 0.29) is 5.52 Å². The second-order valence-electron chi connectivity index (χ2n) is 8.23. The lowest BCUT2D eigenvalue weighted by Gasteiger charge is -2.11. The van der Waals surface area contributed by atoms with Crippen LogP contribution in [0.15, 0.2) is 91.0 Å². The average molecular weight is 493 g/mol. The molecule has 0 N–H and O–H groups in total. The van der Waals surface area contributed by atoms with Gasteiger partial charge in [-0.05, 0) is 66.6 Å². The van der Waals surface area contributed by atoms with E-state index in [0.29, 0.717) is 34.1 Å². The van der Waals surface area contributed by atoms with Crippen LogP contribution in [-0.4, -0.2) is 9.78 Å². The molecule has 35 heavy (non-hydrogen) atoms. The largest absolute Gasteiger partial charge is 0.457 e. The van der Waals surface area contributed by atoms with Crippen LogP contribution in [-0.2, 0) is 12.7 Å². The van der Waals surface area contributed by atoms with Crippen molar-refractivity contribution in [3.8, 4) is 22.8 Å². The molecule has 0 aliphatic rings. The number of halogens is 4. The Morgan fingerprint density at radius 3 is 2.26 bits per heavy atom. The Balaban J connectivity index is 1.57. The third kappa shape index (κ3) is 4.75. The van der Waals surface area contributed by atoms with E-state index in [4.69, 9.17) is 16.3 Å². The highest BCUT2D eigenvalue weighted by molar-refractivity contribution is 6.31. The summed E-state index contributed by atoms with van der Waals surface area (Å²) in [6, 6.07) is 26.3. The molecule has 5 rings (SSSR count). The Labute approximate surface area is 205 Å². The number of rotatable bonds is 5. The number of aryl methyl sites for hydroxylation is 1. The van der Waals surface area contributed by atoms with Crippen molar-refractivity contribution in [2.45, 2.75) is 19.6 Å². The van der Waals surface area contributed by atoms with Gasteiger partial charge in [0.25, 0.3) is 0 Å². The molecule has 0 radical (unpaired) electrons. The summed E-state index contributed by atoms with van der Waals surface area (Å²) >= 11 is 6.09. The molecule has 4 aromatic carbocycles. The lowest BCUT2D eigenvalue weighted by atomic mass is 10.0. The molecule has 0 bridgehead atoms. The van der Waals surface area contributed by atoms with Gasteiger partial charge in [-0.15, -0.1) is 0 Å². The van der Waals surface area contributed by atoms with Gasteiger partial charge in [-0.1, -0.05) is 54.1 Å². The molecule has 0 atom stereocenters. The third-order valence-electron chi connectivity index (χ3n) is 5.74. The van der Waals surface area contributed by atoms with E-state index < -0.39 is 11.7 Å². The zero-order valence-corrected chi connectivity index (χ0v) is 19.4. The summed E-state index contributed by atoms with van der Waals surface area (Å²) in [5.74, 6) is 1.25. The number of fused-ring (bicyclic) bond motifs is 1. The molecule has 1 aromatic heterocycles. The number of nitrogens with zero attached hydrogens (tertiary/aromatic N) is 2. The summed E-state index contributed by atoms with van der Waals surface area (Å²) in [5.41, 5.74) is 2.38. The Morgan fingerprint density at radius 1 is 0.857 bits per heavy atom. The van der Waals surface area contributed by atoms with Crippen LogP contribution in [0, 0.1) is 6.92 Å². The quantitative estimate of drug-likeness (QED) is 0.246. The SMILES string of the molecule is Cc1cc(Oc2ccc(-c3c4cccc(C(F)(F)F)c4nn3Cc3ccccc3)cc2)ccc1Cl. The van der Waals surface area contributed by atoms with Crippen LogP contribution >= 0.6 is 11.6 Å². The summed E-state index contributed by atoms with van der Waals surface area (Å²) in [4.78, 5) is 0. The highest BCUT2D eigenvalue weighted by Gasteiger charge is 2.34. The number of alkyl halides is 3. The van der Waals surface area contributed by atoms with Crippen molar-refractivity contribution in [3.05, 3.63) is 113 Å². The van der Waals surface area contributed by atoms with Crippen molar-refractivity contribution >= 4 is 22.5 Å². The fraction of sp³-hybridized carbons (Fsp3) is 0.107. The van der Waals surface area contributed by atoms with Gasteiger partial charge in [-0.2, -0.15) is 18.3 Å². The molecule has 1 heterocycles. The van der Waals surface area contributed by atoms with Gasteiger partial charge in [0, 0.05) is 16.0 Å². The van der Waals surface area contributed by atoms with Crippen molar-refractivity contribution < 1.29 is 17.9 Å². The first-order valence-electron chi connectivity index (χ1n) is 10.9. The lowest BCUT2D eigenvalue weighted by molar-refractivity contribution is -0.136. The highest BCUT2D eigenvalue weighted by Crippen LogP contribution is 2.38. The minimum absolute atomic E-state index is 0.0668. The van der Waals surface area contributed by atoms with Crippen LogP contribution in [0.3, 0.4) is 0 Å². The van der Waals surface area contributed by atoms with Gasteiger partial charge in [0.1, 0.15) is 17.0 Å². The van der Waals surface area contributed by atoms with Crippen LogP contribution in [0.4, 0.5) is 13.2 Å². The van der Waals surface area contributed by atoms with Crippen molar-refractivity contribution in [2.24, 2.45) is 0 Å². The Kier molecular flexibility index (Phi) is 5.99. The minimum atomic E-state index is -4.50. The minimum Gasteiger partial charge on any atom is -0.457 e. The molecule has 5 aromatic rings. The van der Waals surface area contributed by atoms with Gasteiger partial charge in [0.2, 0.25) is 0 Å². The molecule has 176 valence electrons. The summed E-state index contributed by atoms with van der Waals surface area (Å²) in [6.45, 7) is 2.23. The molecule has 0 amide bonds. The van der Waals surface area contributed by atoms with E-state index in [1.807, 2.05) is 55.5 Å². The molecule has 0 aliphatic carbocycles. The number of aromatic nitrogens is 2. The van der Waals surface area contributed by atoms with Crippen LogP contribution in [0.5, 0.6) is 11.5 Å². The van der Waals surface area contributed by atoms with E-state index in [0.717, 1.165) is 22.8 Å². The van der Waals surface area contributed by atoms with Crippen LogP contribution < -0.4 is 4.74 Å². The molecule has 0 fully saturated rings. The topological polar surface area (TPSA) is 27.1 Å². The van der Waals surface area contributed by atoms with Gasteiger partial charge in [-0.25, -0.2) is 0 Å². The standard InChI is InChI=1S/C28H20ClF3N2O/c1-18-16-22(14-15-25(18)29)35-21-12-10-20(11-13-21)27-23-8-5-9-24(28(30,31)32)26(23)33-34(27)17-19-6-3-2-4-7-19/h2-16H,17H2,1H3. The zero-order chi connectivity index (χ0) is 24.6. The fourth-order valence-corrected chi connectivity index (χ4v) is 4.17. The Bertz CT molecular complexity index is 1490. The molecular weight excluding hydrogens is 473 g/mol. The van der Waals surface area contributed by atoms with Gasteiger partial charge < -0.3 is 4.74 Å². The summed E-state index contributed by atoms with van der Waals surface area (Å²) in [5, 5.41) is 5.51. The first-order valence-corrected chi connectivity index (χ1v) is 11.3. The second kappa shape index (κ2) is 9.12. The Morgan fingerprint density at radius 2 is 1.57 bits per heavy atom. The highest BCUT2D eigenvalue weighted by atomic mass is 35.5. The summed E-state index contributed by atoms with van der Waals surface area (Å²) in [7, 11) is 0. The molecule has 7 heteroatoms. The fourth-order valence-electron chi connectivity index (χ4n) is 4.05. The van der Waals surface area contributed by atoms with Crippen molar-refractivity contribution in [3.63, 3.8) is 0 Å². The summed E-state index contributed by atoms with van der Waals surface area (Å²) < 4.78 is 48.7. The normalized spacial score (nSPS) is 11.7. The first kappa shape index (κ1) is 23.0. The Hall–Kier alpha value is -3.77. The van der Waals surface area contributed by atoms with Crippen molar-refractivity contribution in [1.29, 1.82) is 0 Å². The van der Waals surface area contributed by atoms with Gasteiger partial charge in [-0.3, -0.25) is 4.68 Å². The van der Waals surface area contributed by atoms with E-state index in [2.05, 4.69) is 5.10 Å². The van der Waals surface area contributed by atoms with E-state index in [9.17, 15) is 13.2 Å². The molecule has 0 aliphatic heterocycles. The average Bonchev–Trinajstić information content (AvgIpc) is 3.20. The zero-order valence-electron chi connectivity index (χ0n) is 18.7. The van der Waals surface area contributed by atoms with Crippen LogP contribution in [0.1, 0.15) is 16.7 Å². The molecule has 3 nitrogen and oxygen atoms in total. The lowest BCUT2D eigenvalue weighted by Crippen LogP contribution is -2.06. The molecular formula is C28H20ClF3N2O. The maximum absolute atomic E-state index is 13.7. The monoisotopic (exact) mass is 492 g/mol. The smallest absolute Gasteiger partial charge is 0.418 e. The number of ether oxygens (including phenoxy) is 1. The molecule has 0 saturated carbocycles. The summed E-state index contributed by atoms with van der Waals surface area (Å²) in [6.07, 6.45) is -4.50. The number of hydrogen-bond donors (Lipinski definition) is 0.